The molecule has 0 saturated carbocycles. The van der Waals surface area contributed by atoms with E-state index in [1.165, 1.54) is 0 Å². The number of rotatable bonds is 0. The van der Waals surface area contributed by atoms with Crippen LogP contribution in [0.4, 0.5) is 5.69 Å². The zero-order chi connectivity index (χ0) is 13.5. The molecule has 0 saturated heterocycles. The van der Waals surface area contributed by atoms with Crippen LogP contribution in [-0.4, -0.2) is 10.9 Å². The average molecular weight is 263 g/mol. The molecule has 20 heavy (non-hydrogen) atoms. The Morgan fingerprint density at radius 3 is 2.85 bits per heavy atom. The minimum Gasteiger partial charge on any atom is -0.298 e. The highest BCUT2D eigenvalue weighted by atomic mass is 16.2. The molecule has 4 heteroatoms. The second-order valence-electron chi connectivity index (χ2n) is 5.01. The zero-order valence-electron chi connectivity index (χ0n) is 10.8. The molecule has 2 N–H and O–H groups in total. The Hall–Kier alpha value is -2.62. The van der Waals surface area contributed by atoms with E-state index in [9.17, 15) is 4.79 Å². The number of pyridine rings is 1. The number of hydrogen-bond donors (Lipinski definition) is 2. The van der Waals surface area contributed by atoms with Crippen LogP contribution < -0.4 is 10.9 Å². The lowest BCUT2D eigenvalue weighted by Gasteiger charge is -2.13. The number of nitrogens with one attached hydrogen (secondary N) is 2. The molecule has 1 amide bonds. The first-order valence-corrected chi connectivity index (χ1v) is 6.67. The number of hydrazine groups is 1. The number of anilines is 1. The van der Waals surface area contributed by atoms with Crippen molar-refractivity contribution in [3.63, 3.8) is 0 Å². The Bertz CT molecular complexity index is 842. The molecule has 98 valence electrons. The molecule has 2 aromatic carbocycles. The second kappa shape index (κ2) is 4.20. The average Bonchev–Trinajstić information content (AvgIpc) is 2.69. The number of benzene rings is 2. The van der Waals surface area contributed by atoms with Gasteiger partial charge in [-0.25, -0.2) is 0 Å². The third kappa shape index (κ3) is 1.61. The molecule has 2 heterocycles. The van der Waals surface area contributed by atoms with Crippen LogP contribution in [0.1, 0.15) is 12.0 Å². The van der Waals surface area contributed by atoms with Gasteiger partial charge in [-0.15, -0.1) is 0 Å². The van der Waals surface area contributed by atoms with E-state index in [0.717, 1.165) is 39.3 Å². The Kier molecular flexibility index (Phi) is 2.36. The number of hydrogen-bond acceptors (Lipinski definition) is 3. The van der Waals surface area contributed by atoms with Crippen LogP contribution >= 0.6 is 0 Å². The van der Waals surface area contributed by atoms with E-state index in [1.54, 1.807) is 0 Å². The molecule has 3 aromatic rings. The number of fused-ring (bicyclic) bond motifs is 5. The van der Waals surface area contributed by atoms with E-state index in [0.29, 0.717) is 6.42 Å². The van der Waals surface area contributed by atoms with Crippen LogP contribution in [0.15, 0.2) is 42.6 Å². The SMILES string of the molecule is O=C1CCc2ccc3ncc4ccccc4c3c2NN1. The highest BCUT2D eigenvalue weighted by Gasteiger charge is 2.16. The van der Waals surface area contributed by atoms with Crippen LogP contribution in [0, 0.1) is 0 Å². The maximum Gasteiger partial charge on any atom is 0.238 e. The van der Waals surface area contributed by atoms with E-state index in [2.05, 4.69) is 28.0 Å². The van der Waals surface area contributed by atoms with E-state index in [-0.39, 0.29) is 5.91 Å². The summed E-state index contributed by atoms with van der Waals surface area (Å²) in [6.45, 7) is 0. The van der Waals surface area contributed by atoms with E-state index < -0.39 is 0 Å². The van der Waals surface area contributed by atoms with E-state index in [4.69, 9.17) is 0 Å². The summed E-state index contributed by atoms with van der Waals surface area (Å²) in [4.78, 5) is 16.1. The quantitative estimate of drug-likeness (QED) is 0.613. The molecule has 0 fully saturated rings. The molecule has 0 aliphatic carbocycles. The predicted molar refractivity (Wildman–Crippen MR) is 79.3 cm³/mol. The lowest BCUT2D eigenvalue weighted by Crippen LogP contribution is -2.27. The topological polar surface area (TPSA) is 54.0 Å². The van der Waals surface area contributed by atoms with E-state index >= 15 is 0 Å². The summed E-state index contributed by atoms with van der Waals surface area (Å²) in [5.41, 5.74) is 8.86. The fourth-order valence-electron chi connectivity index (χ4n) is 2.79. The Morgan fingerprint density at radius 2 is 1.90 bits per heavy atom. The number of nitrogens with zero attached hydrogens (tertiary/aromatic N) is 1. The maximum atomic E-state index is 11.6. The lowest BCUT2D eigenvalue weighted by atomic mass is 10.00. The fraction of sp³-hybridized carbons (Fsp3) is 0.125. The Balaban J connectivity index is 2.11. The van der Waals surface area contributed by atoms with Crippen molar-refractivity contribution in [1.29, 1.82) is 0 Å². The lowest BCUT2D eigenvalue weighted by molar-refractivity contribution is -0.120. The van der Waals surface area contributed by atoms with Gasteiger partial charge in [0.05, 0.1) is 11.2 Å². The minimum atomic E-state index is 0.0162. The van der Waals surface area contributed by atoms with Gasteiger partial charge in [0.25, 0.3) is 0 Å². The van der Waals surface area contributed by atoms with Gasteiger partial charge in [-0.1, -0.05) is 30.3 Å². The van der Waals surface area contributed by atoms with Gasteiger partial charge in [0.2, 0.25) is 5.91 Å². The summed E-state index contributed by atoms with van der Waals surface area (Å²) in [7, 11) is 0. The van der Waals surface area contributed by atoms with E-state index in [1.807, 2.05) is 30.5 Å². The number of aryl methyl sites for hydroxylation is 1. The molecule has 0 unspecified atom stereocenters. The molecule has 0 spiro atoms. The predicted octanol–water partition coefficient (Wildman–Crippen LogP) is 2.78. The highest BCUT2D eigenvalue weighted by Crippen LogP contribution is 2.33. The number of aromatic nitrogens is 1. The molecular weight excluding hydrogens is 250 g/mol. The van der Waals surface area contributed by atoms with Gasteiger partial charge in [-0.2, -0.15) is 0 Å². The van der Waals surface area contributed by atoms with Gasteiger partial charge >= 0.3 is 0 Å². The van der Waals surface area contributed by atoms with Gasteiger partial charge in [0.1, 0.15) is 0 Å². The molecule has 0 bridgehead atoms. The van der Waals surface area contributed by atoms with Crippen molar-refractivity contribution in [3.8, 4) is 0 Å². The molecular formula is C16H13N3O. The largest absolute Gasteiger partial charge is 0.298 e. The normalized spacial score (nSPS) is 14.5. The van der Waals surface area contributed by atoms with Crippen LogP contribution in [0.2, 0.25) is 0 Å². The van der Waals surface area contributed by atoms with Crippen LogP contribution in [-0.2, 0) is 11.2 Å². The Labute approximate surface area is 115 Å². The molecule has 4 rings (SSSR count). The molecule has 1 aliphatic heterocycles. The maximum absolute atomic E-state index is 11.6. The van der Waals surface area contributed by atoms with Crippen molar-refractivity contribution in [1.82, 2.24) is 10.4 Å². The second-order valence-corrected chi connectivity index (χ2v) is 5.01. The summed E-state index contributed by atoms with van der Waals surface area (Å²) in [5.74, 6) is 0.0162. The van der Waals surface area contributed by atoms with Crippen LogP contribution in [0.25, 0.3) is 21.7 Å². The number of amides is 1. The monoisotopic (exact) mass is 263 g/mol. The van der Waals surface area contributed by atoms with Crippen molar-refractivity contribution in [2.24, 2.45) is 0 Å². The van der Waals surface area contributed by atoms with Gasteiger partial charge in [-0.3, -0.25) is 20.6 Å². The van der Waals surface area contributed by atoms with Gasteiger partial charge in [0.15, 0.2) is 0 Å². The van der Waals surface area contributed by atoms with Gasteiger partial charge in [0, 0.05) is 23.4 Å². The smallest absolute Gasteiger partial charge is 0.238 e. The standard InChI is InChI=1S/C16H13N3O/c20-14-8-6-10-5-7-13-15(16(10)19-18-14)12-4-2-1-3-11(12)9-17-13/h1-5,7,9,19H,6,8H2,(H,18,20). The first-order chi connectivity index (χ1) is 9.83. The first kappa shape index (κ1) is 11.2. The Morgan fingerprint density at radius 1 is 1.00 bits per heavy atom. The fourth-order valence-corrected chi connectivity index (χ4v) is 2.79. The van der Waals surface area contributed by atoms with Crippen LogP contribution in [0.3, 0.4) is 0 Å². The summed E-state index contributed by atoms with van der Waals surface area (Å²) >= 11 is 0. The molecule has 4 nitrogen and oxygen atoms in total. The summed E-state index contributed by atoms with van der Waals surface area (Å²) < 4.78 is 0. The molecule has 0 atom stereocenters. The van der Waals surface area contributed by atoms with Crippen molar-refractivity contribution in [3.05, 3.63) is 48.2 Å². The van der Waals surface area contributed by atoms with Crippen molar-refractivity contribution in [2.75, 3.05) is 5.43 Å². The number of carbonyl (C=O) groups is 1. The van der Waals surface area contributed by atoms with Gasteiger partial charge in [-0.05, 0) is 23.4 Å². The molecule has 1 aromatic heterocycles. The summed E-state index contributed by atoms with van der Waals surface area (Å²) in [6.07, 6.45) is 3.14. The third-order valence-electron chi connectivity index (χ3n) is 3.79. The summed E-state index contributed by atoms with van der Waals surface area (Å²) in [6, 6.07) is 12.2. The molecule has 1 aliphatic rings. The van der Waals surface area contributed by atoms with Crippen molar-refractivity contribution in [2.45, 2.75) is 12.8 Å². The van der Waals surface area contributed by atoms with Crippen LogP contribution in [0.5, 0.6) is 0 Å². The van der Waals surface area contributed by atoms with Crippen molar-refractivity contribution < 1.29 is 4.79 Å². The minimum absolute atomic E-state index is 0.0162. The highest BCUT2D eigenvalue weighted by molar-refractivity contribution is 6.12. The molecule has 0 radical (unpaired) electrons. The third-order valence-corrected chi connectivity index (χ3v) is 3.79. The summed E-state index contributed by atoms with van der Waals surface area (Å²) in [5, 5.41) is 3.33. The van der Waals surface area contributed by atoms with Gasteiger partial charge < -0.3 is 0 Å². The number of carbonyl (C=O) groups excluding carboxylic acids is 1. The van der Waals surface area contributed by atoms with Crippen molar-refractivity contribution >= 4 is 33.3 Å². The zero-order valence-corrected chi connectivity index (χ0v) is 10.8. The first-order valence-electron chi connectivity index (χ1n) is 6.67.